The van der Waals surface area contributed by atoms with Gasteiger partial charge in [0.1, 0.15) is 17.3 Å². The molecule has 1 heterocycles. The molecule has 0 aliphatic heterocycles. The second kappa shape index (κ2) is 4.84. The van der Waals surface area contributed by atoms with Crippen molar-refractivity contribution in [1.29, 1.82) is 0 Å². The second-order valence-electron chi connectivity index (χ2n) is 5.47. The zero-order valence-corrected chi connectivity index (χ0v) is 11.1. The number of anilines is 1. The molecule has 1 aromatic heterocycles. The molecule has 100 valence electrons. The summed E-state index contributed by atoms with van der Waals surface area (Å²) in [7, 11) is 0. The molecule has 1 aliphatic carbocycles. The first-order chi connectivity index (χ1) is 8.89. The number of Topliss-reactive ketones (excluding diaryl/α,β-unsaturated/α-hetero) is 1. The quantitative estimate of drug-likeness (QED) is 0.799. The van der Waals surface area contributed by atoms with E-state index in [9.17, 15) is 9.90 Å². The molecule has 19 heavy (non-hydrogen) atoms. The Labute approximate surface area is 111 Å². The number of carbonyl (C=O) groups excluding carboxylic acids is 1. The van der Waals surface area contributed by atoms with E-state index in [1.54, 1.807) is 18.3 Å². The number of pyridine rings is 1. The Balaban J connectivity index is 2.28. The number of allylic oxidation sites excluding steroid dienone is 2. The van der Waals surface area contributed by atoms with Gasteiger partial charge in [-0.15, -0.1) is 0 Å². The Morgan fingerprint density at radius 3 is 2.84 bits per heavy atom. The predicted octanol–water partition coefficient (Wildman–Crippen LogP) is 2.57. The highest BCUT2D eigenvalue weighted by molar-refractivity contribution is 6.15. The van der Waals surface area contributed by atoms with Crippen molar-refractivity contribution in [1.82, 2.24) is 4.98 Å². The van der Waals surface area contributed by atoms with E-state index in [-0.39, 0.29) is 22.5 Å². The fraction of sp³-hybridized carbons (Fsp3) is 0.357. The van der Waals surface area contributed by atoms with Crippen LogP contribution < -0.4 is 5.73 Å². The van der Waals surface area contributed by atoms with E-state index in [0.717, 1.165) is 0 Å². The third-order valence-electron chi connectivity index (χ3n) is 3.05. The summed E-state index contributed by atoms with van der Waals surface area (Å²) < 4.78 is 0. The molecule has 0 saturated carbocycles. The van der Waals surface area contributed by atoms with Gasteiger partial charge in [0.05, 0.1) is 5.57 Å². The molecule has 0 unspecified atom stereocenters. The summed E-state index contributed by atoms with van der Waals surface area (Å²) in [6.07, 6.45) is 3.82. The van der Waals surface area contributed by atoms with Crippen molar-refractivity contribution in [3.63, 3.8) is 0 Å². The van der Waals surface area contributed by atoms with Crippen LogP contribution in [0, 0.1) is 5.41 Å². The van der Waals surface area contributed by atoms with Crippen molar-refractivity contribution in [3.8, 4) is 0 Å². The average molecular weight is 259 g/mol. The number of nitrogens with two attached hydrogens (primary N) is 1. The summed E-state index contributed by atoms with van der Waals surface area (Å²) in [5, 5.41) is 9.94. The molecule has 0 aromatic carbocycles. The first-order valence-corrected chi connectivity index (χ1v) is 6.09. The standard InChI is InChI=1S/C14H17N3O2/c1-14(2)6-11(18)9(12(19)7-14)8-17-10-4-3-5-16-13(10)15/h3-5,8,18H,6-7H2,1-2H3,(H2,15,16). The van der Waals surface area contributed by atoms with E-state index < -0.39 is 0 Å². The maximum Gasteiger partial charge on any atom is 0.168 e. The summed E-state index contributed by atoms with van der Waals surface area (Å²) >= 11 is 0. The first-order valence-electron chi connectivity index (χ1n) is 6.09. The lowest BCUT2D eigenvalue weighted by Crippen LogP contribution is -2.26. The molecular formula is C14H17N3O2. The molecule has 0 fully saturated rings. The molecule has 2 rings (SSSR count). The van der Waals surface area contributed by atoms with Crippen LogP contribution in [0.1, 0.15) is 26.7 Å². The number of nitrogens with zero attached hydrogens (tertiary/aromatic N) is 2. The largest absolute Gasteiger partial charge is 0.511 e. The molecule has 0 spiro atoms. The van der Waals surface area contributed by atoms with E-state index in [1.807, 2.05) is 13.8 Å². The molecule has 0 atom stereocenters. The zero-order valence-electron chi connectivity index (χ0n) is 11.1. The van der Waals surface area contributed by atoms with Crippen LogP contribution >= 0.6 is 0 Å². The second-order valence-corrected chi connectivity index (χ2v) is 5.47. The minimum absolute atomic E-state index is 0.0902. The van der Waals surface area contributed by atoms with Crippen LogP contribution in [0.25, 0.3) is 0 Å². The predicted molar refractivity (Wildman–Crippen MR) is 74.5 cm³/mol. The highest BCUT2D eigenvalue weighted by Gasteiger charge is 2.32. The molecule has 0 radical (unpaired) electrons. The van der Waals surface area contributed by atoms with E-state index in [0.29, 0.717) is 24.3 Å². The lowest BCUT2D eigenvalue weighted by Gasteiger charge is -2.28. The number of carbonyl (C=O) groups is 1. The van der Waals surface area contributed by atoms with Crippen molar-refractivity contribution in [2.75, 3.05) is 5.73 Å². The van der Waals surface area contributed by atoms with Gasteiger partial charge in [-0.2, -0.15) is 0 Å². The van der Waals surface area contributed by atoms with Gasteiger partial charge in [-0.3, -0.25) is 9.79 Å². The Morgan fingerprint density at radius 1 is 1.47 bits per heavy atom. The van der Waals surface area contributed by atoms with Crippen molar-refractivity contribution < 1.29 is 9.90 Å². The molecule has 1 aliphatic rings. The van der Waals surface area contributed by atoms with Gasteiger partial charge in [-0.1, -0.05) is 13.8 Å². The Kier molecular flexibility index (Phi) is 3.38. The highest BCUT2D eigenvalue weighted by atomic mass is 16.3. The van der Waals surface area contributed by atoms with E-state index in [2.05, 4.69) is 9.98 Å². The zero-order chi connectivity index (χ0) is 14.0. The summed E-state index contributed by atoms with van der Waals surface area (Å²) in [4.78, 5) is 20.0. The number of aliphatic hydroxyl groups excluding tert-OH is 1. The van der Waals surface area contributed by atoms with E-state index in [1.165, 1.54) is 6.21 Å². The molecule has 5 heteroatoms. The number of aliphatic hydroxyl groups is 1. The van der Waals surface area contributed by atoms with Gasteiger partial charge in [-0.25, -0.2) is 4.98 Å². The number of nitrogen functional groups attached to an aromatic ring is 1. The molecule has 3 N–H and O–H groups in total. The fourth-order valence-corrected chi connectivity index (χ4v) is 2.10. The van der Waals surface area contributed by atoms with Gasteiger partial charge in [0.15, 0.2) is 5.78 Å². The molecule has 1 aromatic rings. The molecular weight excluding hydrogens is 242 g/mol. The maximum absolute atomic E-state index is 12.0. The smallest absolute Gasteiger partial charge is 0.168 e. The van der Waals surface area contributed by atoms with Crippen molar-refractivity contribution in [3.05, 3.63) is 29.7 Å². The third kappa shape index (κ3) is 2.99. The number of aromatic nitrogens is 1. The van der Waals surface area contributed by atoms with Crippen LogP contribution in [-0.2, 0) is 4.79 Å². The van der Waals surface area contributed by atoms with Crippen molar-refractivity contribution in [2.45, 2.75) is 26.7 Å². The molecule has 0 saturated heterocycles. The third-order valence-corrected chi connectivity index (χ3v) is 3.05. The van der Waals surface area contributed by atoms with Gasteiger partial charge < -0.3 is 10.8 Å². The van der Waals surface area contributed by atoms with Crippen LogP contribution in [0.5, 0.6) is 0 Å². The van der Waals surface area contributed by atoms with Crippen molar-refractivity contribution in [2.24, 2.45) is 10.4 Å². The van der Waals surface area contributed by atoms with Gasteiger partial charge in [0.25, 0.3) is 0 Å². The number of hydrogen-bond acceptors (Lipinski definition) is 5. The van der Waals surface area contributed by atoms with Gasteiger partial charge >= 0.3 is 0 Å². The van der Waals surface area contributed by atoms with Crippen LogP contribution in [-0.4, -0.2) is 22.1 Å². The average Bonchev–Trinajstić information content (AvgIpc) is 2.28. The van der Waals surface area contributed by atoms with Crippen LogP contribution in [0.15, 0.2) is 34.7 Å². The monoisotopic (exact) mass is 259 g/mol. The van der Waals surface area contributed by atoms with Crippen LogP contribution in [0.4, 0.5) is 11.5 Å². The van der Waals surface area contributed by atoms with Crippen LogP contribution in [0.2, 0.25) is 0 Å². The minimum Gasteiger partial charge on any atom is -0.511 e. The normalized spacial score (nSPS) is 19.2. The number of rotatable bonds is 2. The maximum atomic E-state index is 12.0. The lowest BCUT2D eigenvalue weighted by atomic mass is 9.77. The fourth-order valence-electron chi connectivity index (χ4n) is 2.10. The molecule has 0 amide bonds. The first kappa shape index (κ1) is 13.3. The minimum atomic E-state index is -0.203. The summed E-state index contributed by atoms with van der Waals surface area (Å²) in [5.41, 5.74) is 6.21. The van der Waals surface area contributed by atoms with Crippen LogP contribution in [0.3, 0.4) is 0 Å². The number of aliphatic imine (C=N–C) groups is 1. The SMILES string of the molecule is CC1(C)CC(=O)C(C=Nc2cccnc2N)=C(O)C1. The highest BCUT2D eigenvalue weighted by Crippen LogP contribution is 2.35. The van der Waals surface area contributed by atoms with Gasteiger partial charge in [-0.05, 0) is 17.5 Å². The number of ketones is 1. The van der Waals surface area contributed by atoms with E-state index in [4.69, 9.17) is 5.73 Å². The topological polar surface area (TPSA) is 88.6 Å². The summed E-state index contributed by atoms with van der Waals surface area (Å²) in [6, 6.07) is 3.41. The van der Waals surface area contributed by atoms with Crippen molar-refractivity contribution >= 4 is 23.5 Å². The van der Waals surface area contributed by atoms with Gasteiger partial charge in [0.2, 0.25) is 0 Å². The Morgan fingerprint density at radius 2 is 2.21 bits per heavy atom. The Hall–Kier alpha value is -2.17. The van der Waals surface area contributed by atoms with E-state index >= 15 is 0 Å². The molecule has 0 bridgehead atoms. The van der Waals surface area contributed by atoms with Gasteiger partial charge in [0, 0.05) is 25.3 Å². The molecule has 5 nitrogen and oxygen atoms in total. The summed E-state index contributed by atoms with van der Waals surface area (Å²) in [6.45, 7) is 3.91. The summed E-state index contributed by atoms with van der Waals surface area (Å²) in [5.74, 6) is 0.287. The number of hydrogen-bond donors (Lipinski definition) is 2. The Bertz CT molecular complexity index is 574. The lowest BCUT2D eigenvalue weighted by molar-refractivity contribution is -0.117.